The highest BCUT2D eigenvalue weighted by molar-refractivity contribution is 6.32. The maximum atomic E-state index is 10.8. The first-order chi connectivity index (χ1) is 11.0. The van der Waals surface area contributed by atoms with Gasteiger partial charge in [-0.25, -0.2) is 0 Å². The van der Waals surface area contributed by atoms with Gasteiger partial charge >= 0.3 is 0 Å². The lowest BCUT2D eigenvalue weighted by Crippen LogP contribution is -2.35. The molecule has 0 aromatic heterocycles. The average molecular weight is 342 g/mol. The average Bonchev–Trinajstić information content (AvgIpc) is 2.91. The van der Waals surface area contributed by atoms with Crippen molar-refractivity contribution in [3.8, 4) is 11.5 Å². The van der Waals surface area contributed by atoms with Crippen LogP contribution in [0.1, 0.15) is 18.4 Å². The standard InChI is InChI=1S/C16H24ClN3O3/c1-20-5-3-4-12(20)9-19-8-11-6-13(17)16(14(7-11)22-2)23-10-15(18)21/h6-7,12,19H,3-5,8-10H2,1-2H3,(H2,18,21). The summed E-state index contributed by atoms with van der Waals surface area (Å²) in [6.07, 6.45) is 2.49. The summed E-state index contributed by atoms with van der Waals surface area (Å²) in [7, 11) is 3.69. The van der Waals surface area contributed by atoms with Gasteiger partial charge in [0.05, 0.1) is 12.1 Å². The van der Waals surface area contributed by atoms with E-state index in [4.69, 9.17) is 26.8 Å². The fourth-order valence-electron chi connectivity index (χ4n) is 2.78. The fraction of sp³-hybridized carbons (Fsp3) is 0.562. The summed E-state index contributed by atoms with van der Waals surface area (Å²) in [6.45, 7) is 2.56. The van der Waals surface area contributed by atoms with E-state index >= 15 is 0 Å². The minimum atomic E-state index is -0.561. The smallest absolute Gasteiger partial charge is 0.255 e. The van der Waals surface area contributed by atoms with Gasteiger partial charge in [0.1, 0.15) is 0 Å². The molecule has 128 valence electrons. The van der Waals surface area contributed by atoms with Crippen molar-refractivity contribution >= 4 is 17.5 Å². The molecule has 23 heavy (non-hydrogen) atoms. The summed E-state index contributed by atoms with van der Waals surface area (Å²) in [5.41, 5.74) is 6.09. The van der Waals surface area contributed by atoms with Crippen LogP contribution >= 0.6 is 11.6 Å². The van der Waals surface area contributed by atoms with Crippen LogP contribution in [0.4, 0.5) is 0 Å². The molecule has 1 aromatic rings. The molecule has 1 atom stereocenters. The van der Waals surface area contributed by atoms with Crippen molar-refractivity contribution in [3.63, 3.8) is 0 Å². The van der Waals surface area contributed by atoms with Gasteiger partial charge in [0.2, 0.25) is 0 Å². The zero-order valence-electron chi connectivity index (χ0n) is 13.6. The van der Waals surface area contributed by atoms with Crippen molar-refractivity contribution in [1.29, 1.82) is 0 Å². The van der Waals surface area contributed by atoms with Crippen molar-refractivity contribution in [1.82, 2.24) is 10.2 Å². The van der Waals surface area contributed by atoms with Crippen molar-refractivity contribution < 1.29 is 14.3 Å². The van der Waals surface area contributed by atoms with Gasteiger partial charge in [-0.2, -0.15) is 0 Å². The Bertz CT molecular complexity index is 554. The Balaban J connectivity index is 1.96. The topological polar surface area (TPSA) is 76.8 Å². The quantitative estimate of drug-likeness (QED) is 0.747. The van der Waals surface area contributed by atoms with Gasteiger partial charge in [-0.1, -0.05) is 11.6 Å². The number of likely N-dealkylation sites (N-methyl/N-ethyl adjacent to an activating group) is 1. The van der Waals surface area contributed by atoms with E-state index < -0.39 is 5.91 Å². The molecule has 1 saturated heterocycles. The molecule has 6 nitrogen and oxygen atoms in total. The zero-order valence-corrected chi connectivity index (χ0v) is 14.4. The van der Waals surface area contributed by atoms with Crippen LogP contribution in [0.15, 0.2) is 12.1 Å². The van der Waals surface area contributed by atoms with Crippen LogP contribution in [-0.4, -0.2) is 50.7 Å². The number of likely N-dealkylation sites (tertiary alicyclic amines) is 1. The molecule has 0 spiro atoms. The molecule has 3 N–H and O–H groups in total. The number of hydrogen-bond donors (Lipinski definition) is 2. The van der Waals surface area contributed by atoms with Crippen molar-refractivity contribution in [2.45, 2.75) is 25.4 Å². The van der Waals surface area contributed by atoms with Crippen molar-refractivity contribution in [3.05, 3.63) is 22.7 Å². The van der Waals surface area contributed by atoms with Crippen LogP contribution < -0.4 is 20.5 Å². The number of ether oxygens (including phenoxy) is 2. The molecule has 1 aromatic carbocycles. The molecule has 1 amide bonds. The Labute approximate surface area is 141 Å². The molecule has 0 aliphatic carbocycles. The van der Waals surface area contributed by atoms with Gasteiger partial charge in [-0.3, -0.25) is 4.79 Å². The monoisotopic (exact) mass is 341 g/mol. The third-order valence-corrected chi connectivity index (χ3v) is 4.31. The zero-order chi connectivity index (χ0) is 16.8. The molecule has 1 heterocycles. The Morgan fingerprint density at radius 1 is 1.52 bits per heavy atom. The van der Waals surface area contributed by atoms with Crippen LogP contribution in [0.3, 0.4) is 0 Å². The number of carbonyl (C=O) groups excluding carboxylic acids is 1. The maximum Gasteiger partial charge on any atom is 0.255 e. The number of carbonyl (C=O) groups is 1. The number of nitrogens with two attached hydrogens (primary N) is 1. The first-order valence-corrected chi connectivity index (χ1v) is 8.07. The predicted octanol–water partition coefficient (Wildman–Crippen LogP) is 1.40. The Morgan fingerprint density at radius 2 is 2.30 bits per heavy atom. The Hall–Kier alpha value is -1.50. The van der Waals surface area contributed by atoms with Gasteiger partial charge in [-0.15, -0.1) is 0 Å². The van der Waals surface area contributed by atoms with Crippen LogP contribution in [0.5, 0.6) is 11.5 Å². The molecular weight excluding hydrogens is 318 g/mol. The first kappa shape index (κ1) is 17.8. The number of methoxy groups -OCH3 is 1. The lowest BCUT2D eigenvalue weighted by atomic mass is 10.1. The number of benzene rings is 1. The second-order valence-electron chi connectivity index (χ2n) is 5.77. The first-order valence-electron chi connectivity index (χ1n) is 7.69. The molecule has 1 unspecified atom stereocenters. The van der Waals surface area contributed by atoms with E-state index in [-0.39, 0.29) is 6.61 Å². The van der Waals surface area contributed by atoms with E-state index in [9.17, 15) is 4.79 Å². The van der Waals surface area contributed by atoms with Gasteiger partial charge in [0.15, 0.2) is 18.1 Å². The molecule has 0 saturated carbocycles. The van der Waals surface area contributed by atoms with E-state index in [0.717, 1.165) is 18.7 Å². The number of amides is 1. The predicted molar refractivity (Wildman–Crippen MR) is 90.1 cm³/mol. The van der Waals surface area contributed by atoms with E-state index in [1.165, 1.54) is 20.0 Å². The fourth-order valence-corrected chi connectivity index (χ4v) is 3.07. The molecule has 1 aliphatic rings. The molecule has 0 bridgehead atoms. The van der Waals surface area contributed by atoms with E-state index in [2.05, 4.69) is 17.3 Å². The molecule has 0 radical (unpaired) electrons. The van der Waals surface area contributed by atoms with E-state index in [0.29, 0.717) is 29.1 Å². The lowest BCUT2D eigenvalue weighted by molar-refractivity contribution is -0.119. The summed E-state index contributed by atoms with van der Waals surface area (Å²) >= 11 is 6.23. The van der Waals surface area contributed by atoms with Crippen LogP contribution in [-0.2, 0) is 11.3 Å². The number of nitrogens with zero attached hydrogens (tertiary/aromatic N) is 1. The summed E-state index contributed by atoms with van der Waals surface area (Å²) < 4.78 is 10.6. The summed E-state index contributed by atoms with van der Waals surface area (Å²) in [6, 6.07) is 4.25. The van der Waals surface area contributed by atoms with Crippen LogP contribution in [0.25, 0.3) is 0 Å². The Kier molecular flexibility index (Phi) is 6.50. The highest BCUT2D eigenvalue weighted by Crippen LogP contribution is 2.36. The minimum Gasteiger partial charge on any atom is -0.493 e. The molecule has 1 fully saturated rings. The number of hydrogen-bond acceptors (Lipinski definition) is 5. The number of nitrogens with one attached hydrogen (secondary N) is 1. The highest BCUT2D eigenvalue weighted by Gasteiger charge is 2.20. The highest BCUT2D eigenvalue weighted by atomic mass is 35.5. The van der Waals surface area contributed by atoms with Crippen molar-refractivity contribution in [2.75, 3.05) is 33.9 Å². The third-order valence-electron chi connectivity index (χ3n) is 4.03. The summed E-state index contributed by atoms with van der Waals surface area (Å²) in [4.78, 5) is 13.2. The SMILES string of the molecule is COc1cc(CNCC2CCCN2C)cc(Cl)c1OCC(N)=O. The molecule has 2 rings (SSSR count). The molecular formula is C16H24ClN3O3. The van der Waals surface area contributed by atoms with Gasteiger partial charge in [0, 0.05) is 19.1 Å². The summed E-state index contributed by atoms with van der Waals surface area (Å²) in [5.74, 6) is 0.273. The second-order valence-corrected chi connectivity index (χ2v) is 6.18. The normalized spacial score (nSPS) is 18.1. The molecule has 1 aliphatic heterocycles. The van der Waals surface area contributed by atoms with Crippen LogP contribution in [0.2, 0.25) is 5.02 Å². The summed E-state index contributed by atoms with van der Waals surface area (Å²) in [5, 5.41) is 3.85. The van der Waals surface area contributed by atoms with Gasteiger partial charge in [-0.05, 0) is 44.1 Å². The third kappa shape index (κ3) is 4.99. The van der Waals surface area contributed by atoms with E-state index in [1.54, 1.807) is 0 Å². The van der Waals surface area contributed by atoms with Gasteiger partial charge in [0.25, 0.3) is 5.91 Å². The van der Waals surface area contributed by atoms with E-state index in [1.807, 2.05) is 12.1 Å². The van der Waals surface area contributed by atoms with Crippen molar-refractivity contribution in [2.24, 2.45) is 5.73 Å². The van der Waals surface area contributed by atoms with Gasteiger partial charge < -0.3 is 25.4 Å². The number of primary amides is 1. The second kappa shape index (κ2) is 8.38. The molecule has 7 heteroatoms. The number of rotatable bonds is 8. The minimum absolute atomic E-state index is 0.234. The largest absolute Gasteiger partial charge is 0.493 e. The lowest BCUT2D eigenvalue weighted by Gasteiger charge is -2.20. The number of halogens is 1. The maximum absolute atomic E-state index is 10.8. The Morgan fingerprint density at radius 3 is 2.91 bits per heavy atom. The van der Waals surface area contributed by atoms with Crippen LogP contribution in [0, 0.1) is 0 Å².